The summed E-state index contributed by atoms with van der Waals surface area (Å²) in [5, 5.41) is 6.88. The van der Waals surface area contributed by atoms with Crippen molar-refractivity contribution in [2.75, 3.05) is 11.4 Å². The fourth-order valence-corrected chi connectivity index (χ4v) is 2.35. The van der Waals surface area contributed by atoms with Crippen LogP contribution in [0.15, 0.2) is 22.8 Å². The molecule has 0 unspecified atom stereocenters. The first kappa shape index (κ1) is 13.3. The van der Waals surface area contributed by atoms with Gasteiger partial charge in [0.25, 0.3) is 0 Å². The Morgan fingerprint density at radius 1 is 1.15 bits per heavy atom. The quantitative estimate of drug-likeness (QED) is 0.795. The minimum absolute atomic E-state index is 0.189. The Kier molecular flexibility index (Phi) is 3.15. The molecule has 1 aliphatic rings. The Morgan fingerprint density at radius 2 is 1.95 bits per heavy atom. The summed E-state index contributed by atoms with van der Waals surface area (Å²) in [6.07, 6.45) is -2.82. The molecule has 106 valence electrons. The first-order chi connectivity index (χ1) is 9.45. The molecular weight excluding hydrogens is 339 g/mol. The van der Waals surface area contributed by atoms with Crippen molar-refractivity contribution in [1.29, 1.82) is 0 Å². The van der Waals surface area contributed by atoms with Crippen LogP contribution in [0.25, 0.3) is 0 Å². The van der Waals surface area contributed by atoms with Gasteiger partial charge in [-0.1, -0.05) is 0 Å². The second-order valence-electron chi connectivity index (χ2n) is 4.35. The Balaban J connectivity index is 1.86. The molecule has 1 aliphatic heterocycles. The van der Waals surface area contributed by atoms with E-state index in [9.17, 15) is 13.2 Å². The lowest BCUT2D eigenvalue weighted by Crippen LogP contribution is -2.35. The van der Waals surface area contributed by atoms with Gasteiger partial charge in [-0.25, -0.2) is 4.98 Å². The Morgan fingerprint density at radius 3 is 2.60 bits per heavy atom. The summed E-state index contributed by atoms with van der Waals surface area (Å²) in [4.78, 5) is 6.10. The minimum atomic E-state index is -4.47. The maximum absolute atomic E-state index is 12.7. The van der Waals surface area contributed by atoms with E-state index in [1.54, 1.807) is 12.3 Å². The predicted octanol–water partition coefficient (Wildman–Crippen LogP) is 2.47. The molecule has 20 heavy (non-hydrogen) atoms. The van der Waals surface area contributed by atoms with Gasteiger partial charge in [-0.05, 0) is 28.1 Å². The fraction of sp³-hybridized carbons (Fsp3) is 0.364. The Labute approximate surface area is 120 Å². The second-order valence-corrected chi connectivity index (χ2v) is 5.26. The number of hydrogen-bond donors (Lipinski definition) is 0. The van der Waals surface area contributed by atoms with Crippen LogP contribution in [0.1, 0.15) is 11.6 Å². The molecule has 9 heteroatoms. The van der Waals surface area contributed by atoms with Gasteiger partial charge in [0.1, 0.15) is 5.82 Å². The maximum atomic E-state index is 12.7. The molecule has 0 aromatic carbocycles. The summed E-state index contributed by atoms with van der Waals surface area (Å²) in [7, 11) is 0. The lowest BCUT2D eigenvalue weighted by atomic mass is 10.3. The molecule has 0 saturated carbocycles. The molecule has 2 aromatic heterocycles. The topological polar surface area (TPSA) is 46.8 Å². The van der Waals surface area contributed by atoms with E-state index in [1.165, 1.54) is 0 Å². The maximum Gasteiger partial charge on any atom is 0.451 e. The number of alkyl halides is 3. The summed E-state index contributed by atoms with van der Waals surface area (Å²) >= 11 is 3.29. The van der Waals surface area contributed by atoms with E-state index < -0.39 is 12.0 Å². The van der Waals surface area contributed by atoms with Gasteiger partial charge in [0.05, 0.1) is 6.54 Å². The number of hydrogen-bond acceptors (Lipinski definition) is 4. The summed E-state index contributed by atoms with van der Waals surface area (Å²) < 4.78 is 40.1. The zero-order chi connectivity index (χ0) is 14.3. The van der Waals surface area contributed by atoms with Crippen molar-refractivity contribution in [1.82, 2.24) is 19.7 Å². The highest BCUT2D eigenvalue weighted by molar-refractivity contribution is 9.10. The van der Waals surface area contributed by atoms with Gasteiger partial charge in [0.15, 0.2) is 5.82 Å². The molecular formula is C11H9BrF3N5. The zero-order valence-electron chi connectivity index (χ0n) is 10.1. The van der Waals surface area contributed by atoms with E-state index in [0.29, 0.717) is 18.2 Å². The highest BCUT2D eigenvalue weighted by Crippen LogP contribution is 2.30. The average Bonchev–Trinajstić information content (AvgIpc) is 2.82. The van der Waals surface area contributed by atoms with Gasteiger partial charge in [-0.15, -0.1) is 10.2 Å². The van der Waals surface area contributed by atoms with Crippen LogP contribution >= 0.6 is 15.9 Å². The van der Waals surface area contributed by atoms with Crippen molar-refractivity contribution in [3.05, 3.63) is 34.5 Å². The lowest BCUT2D eigenvalue weighted by molar-refractivity contribution is -0.147. The molecule has 3 heterocycles. The molecule has 0 spiro atoms. The third-order valence-corrected chi connectivity index (χ3v) is 3.51. The molecule has 5 nitrogen and oxygen atoms in total. The van der Waals surface area contributed by atoms with E-state index in [4.69, 9.17) is 0 Å². The standard InChI is InChI=1S/C11H9BrF3N5/c12-7-1-2-8(16-5-7)19-3-4-20-9(6-19)17-18-10(20)11(13,14)15/h1-2,5H,3-4,6H2. The van der Waals surface area contributed by atoms with Crippen LogP contribution in [-0.2, 0) is 19.3 Å². The monoisotopic (exact) mass is 347 g/mol. The van der Waals surface area contributed by atoms with E-state index in [-0.39, 0.29) is 13.1 Å². The van der Waals surface area contributed by atoms with Crippen LogP contribution < -0.4 is 4.90 Å². The number of anilines is 1. The first-order valence-electron chi connectivity index (χ1n) is 5.81. The average molecular weight is 348 g/mol. The third-order valence-electron chi connectivity index (χ3n) is 3.04. The van der Waals surface area contributed by atoms with Gasteiger partial charge in [-0.3, -0.25) is 0 Å². The fourth-order valence-electron chi connectivity index (χ4n) is 2.12. The molecule has 0 amide bonds. The third kappa shape index (κ3) is 2.37. The van der Waals surface area contributed by atoms with Crippen molar-refractivity contribution in [3.63, 3.8) is 0 Å². The number of nitrogens with zero attached hydrogens (tertiary/aromatic N) is 5. The molecule has 2 aromatic rings. The van der Waals surface area contributed by atoms with E-state index in [2.05, 4.69) is 31.1 Å². The number of fused-ring (bicyclic) bond motifs is 1. The van der Waals surface area contributed by atoms with Crippen LogP contribution in [-0.4, -0.2) is 26.3 Å². The largest absolute Gasteiger partial charge is 0.451 e. The second kappa shape index (κ2) is 4.72. The summed E-state index contributed by atoms with van der Waals surface area (Å²) in [6, 6.07) is 3.64. The molecule has 0 bridgehead atoms. The smallest absolute Gasteiger partial charge is 0.347 e. The summed E-state index contributed by atoms with van der Waals surface area (Å²) in [5.74, 6) is 0.0696. The molecule has 0 saturated heterocycles. The van der Waals surface area contributed by atoms with Crippen LogP contribution in [0.4, 0.5) is 19.0 Å². The van der Waals surface area contributed by atoms with Crippen molar-refractivity contribution in [2.45, 2.75) is 19.3 Å². The Hall–Kier alpha value is -1.64. The molecule has 3 rings (SSSR count). The number of pyridine rings is 1. The van der Waals surface area contributed by atoms with Gasteiger partial charge in [-0.2, -0.15) is 13.2 Å². The minimum Gasteiger partial charge on any atom is -0.347 e. The van der Waals surface area contributed by atoms with E-state index in [0.717, 1.165) is 9.04 Å². The number of halogens is 4. The van der Waals surface area contributed by atoms with Crippen LogP contribution in [0.5, 0.6) is 0 Å². The van der Waals surface area contributed by atoms with E-state index in [1.807, 2.05) is 11.0 Å². The van der Waals surface area contributed by atoms with Crippen molar-refractivity contribution < 1.29 is 13.2 Å². The highest BCUT2D eigenvalue weighted by Gasteiger charge is 2.39. The molecule has 0 atom stereocenters. The molecule has 0 radical (unpaired) electrons. The summed E-state index contributed by atoms with van der Waals surface area (Å²) in [5.41, 5.74) is 0. The van der Waals surface area contributed by atoms with Crippen molar-refractivity contribution >= 4 is 21.7 Å². The lowest BCUT2D eigenvalue weighted by Gasteiger charge is -2.28. The molecule has 0 fully saturated rings. The summed E-state index contributed by atoms with van der Waals surface area (Å²) in [6.45, 7) is 0.884. The Bertz CT molecular complexity index is 622. The van der Waals surface area contributed by atoms with Crippen molar-refractivity contribution in [2.24, 2.45) is 0 Å². The molecule has 0 N–H and O–H groups in total. The van der Waals surface area contributed by atoms with Gasteiger partial charge >= 0.3 is 6.18 Å². The normalized spacial score (nSPS) is 15.3. The first-order valence-corrected chi connectivity index (χ1v) is 6.60. The van der Waals surface area contributed by atoms with Gasteiger partial charge < -0.3 is 9.47 Å². The predicted molar refractivity (Wildman–Crippen MR) is 68.0 cm³/mol. The van der Waals surface area contributed by atoms with Crippen LogP contribution in [0.2, 0.25) is 0 Å². The highest BCUT2D eigenvalue weighted by atomic mass is 79.9. The zero-order valence-corrected chi connectivity index (χ0v) is 11.7. The molecule has 0 aliphatic carbocycles. The SMILES string of the molecule is FC(F)(F)c1nnc2n1CCN(c1ccc(Br)cn1)C2. The van der Waals surface area contributed by atoms with Gasteiger partial charge in [0, 0.05) is 23.8 Å². The number of rotatable bonds is 1. The van der Waals surface area contributed by atoms with Gasteiger partial charge in [0.2, 0.25) is 5.82 Å². The van der Waals surface area contributed by atoms with E-state index >= 15 is 0 Å². The number of aromatic nitrogens is 4. The van der Waals surface area contributed by atoms with Crippen molar-refractivity contribution in [3.8, 4) is 0 Å². The van der Waals surface area contributed by atoms with Crippen LogP contribution in [0.3, 0.4) is 0 Å². The van der Waals surface area contributed by atoms with Crippen LogP contribution in [0, 0.1) is 0 Å².